The molecule has 0 saturated carbocycles. The lowest BCUT2D eigenvalue weighted by atomic mass is 10.1. The van der Waals surface area contributed by atoms with Crippen molar-refractivity contribution in [3.8, 4) is 5.75 Å². The Kier molecular flexibility index (Phi) is 6.15. The van der Waals surface area contributed by atoms with Gasteiger partial charge in [-0.2, -0.15) is 0 Å². The number of hydrogen-bond donors (Lipinski definition) is 1. The van der Waals surface area contributed by atoms with E-state index >= 15 is 0 Å². The fourth-order valence-electron chi connectivity index (χ4n) is 3.95. The number of methoxy groups -OCH3 is 1. The van der Waals surface area contributed by atoms with Crippen molar-refractivity contribution in [1.82, 2.24) is 20.2 Å². The summed E-state index contributed by atoms with van der Waals surface area (Å²) in [4.78, 5) is 27.3. The minimum absolute atomic E-state index is 0.0316. The van der Waals surface area contributed by atoms with Gasteiger partial charge >= 0.3 is 0 Å². The van der Waals surface area contributed by atoms with E-state index in [9.17, 15) is 4.79 Å². The zero-order valence-corrected chi connectivity index (χ0v) is 18.4. The van der Waals surface area contributed by atoms with Gasteiger partial charge in [-0.3, -0.25) is 9.69 Å². The Hall–Kier alpha value is -2.71. The first-order valence-corrected chi connectivity index (χ1v) is 11.1. The smallest absolute Gasteiger partial charge is 0.237 e. The Morgan fingerprint density at radius 3 is 2.67 bits per heavy atom. The Bertz CT molecular complexity index is 1020. The van der Waals surface area contributed by atoms with Crippen LogP contribution in [-0.2, 0) is 4.79 Å². The number of carbonyl (C=O) groups excluding carboxylic acids is 1. The van der Waals surface area contributed by atoms with Crippen LogP contribution in [0.25, 0.3) is 10.2 Å². The molecule has 7 nitrogen and oxygen atoms in total. The van der Waals surface area contributed by atoms with Gasteiger partial charge < -0.3 is 15.0 Å². The van der Waals surface area contributed by atoms with E-state index < -0.39 is 0 Å². The molecule has 2 unspecified atom stereocenters. The summed E-state index contributed by atoms with van der Waals surface area (Å²) >= 11 is 1.63. The van der Waals surface area contributed by atoms with Crippen molar-refractivity contribution in [2.75, 3.05) is 38.2 Å². The summed E-state index contributed by atoms with van der Waals surface area (Å²) in [6, 6.07) is 9.55. The molecule has 8 heteroatoms. The predicted octanol–water partition coefficient (Wildman–Crippen LogP) is 3.09. The topological polar surface area (TPSA) is 70.6 Å². The third-order valence-corrected chi connectivity index (χ3v) is 6.57. The normalized spacial score (nSPS) is 17.0. The third kappa shape index (κ3) is 4.11. The first-order chi connectivity index (χ1) is 14.6. The molecular weight excluding hydrogens is 398 g/mol. The van der Waals surface area contributed by atoms with E-state index in [0.29, 0.717) is 0 Å². The Morgan fingerprint density at radius 2 is 1.90 bits per heavy atom. The molecule has 30 heavy (non-hydrogen) atoms. The number of piperazine rings is 1. The second kappa shape index (κ2) is 8.97. The number of thiophene rings is 1. The minimum Gasteiger partial charge on any atom is -0.496 e. The summed E-state index contributed by atoms with van der Waals surface area (Å²) in [6.07, 6.45) is 1.63. The molecule has 1 aromatic carbocycles. The molecule has 1 amide bonds. The summed E-state index contributed by atoms with van der Waals surface area (Å²) in [5.41, 5.74) is 0.980. The quantitative estimate of drug-likeness (QED) is 0.655. The first-order valence-electron chi connectivity index (χ1n) is 10.2. The highest BCUT2D eigenvalue weighted by Gasteiger charge is 2.28. The maximum Gasteiger partial charge on any atom is 0.237 e. The minimum atomic E-state index is -0.198. The van der Waals surface area contributed by atoms with E-state index in [4.69, 9.17) is 4.74 Å². The largest absolute Gasteiger partial charge is 0.496 e. The first kappa shape index (κ1) is 20.6. The predicted molar refractivity (Wildman–Crippen MR) is 120 cm³/mol. The van der Waals surface area contributed by atoms with Gasteiger partial charge in [0.05, 0.1) is 24.6 Å². The number of ether oxygens (including phenoxy) is 1. The lowest BCUT2D eigenvalue weighted by Crippen LogP contribution is -2.54. The maximum absolute atomic E-state index is 12.9. The average Bonchev–Trinajstić information content (AvgIpc) is 3.27. The summed E-state index contributed by atoms with van der Waals surface area (Å²) in [5, 5.41) is 6.29. The van der Waals surface area contributed by atoms with E-state index in [2.05, 4.69) is 36.5 Å². The second-order valence-electron chi connectivity index (χ2n) is 7.51. The van der Waals surface area contributed by atoms with Crippen LogP contribution < -0.4 is 15.0 Å². The van der Waals surface area contributed by atoms with Crippen LogP contribution in [-0.4, -0.2) is 60.1 Å². The molecule has 4 rings (SSSR count). The van der Waals surface area contributed by atoms with Crippen LogP contribution >= 0.6 is 11.3 Å². The van der Waals surface area contributed by atoms with E-state index in [1.807, 2.05) is 38.1 Å². The van der Waals surface area contributed by atoms with Gasteiger partial charge in [0.15, 0.2) is 0 Å². The fourth-order valence-corrected chi connectivity index (χ4v) is 4.68. The molecule has 1 aliphatic heterocycles. The average molecular weight is 426 g/mol. The van der Waals surface area contributed by atoms with Gasteiger partial charge in [-0.05, 0) is 31.4 Å². The van der Waals surface area contributed by atoms with Gasteiger partial charge in [0.2, 0.25) is 5.91 Å². The van der Waals surface area contributed by atoms with Gasteiger partial charge in [0.1, 0.15) is 22.7 Å². The lowest BCUT2D eigenvalue weighted by molar-refractivity contribution is -0.126. The number of benzene rings is 1. The molecule has 2 atom stereocenters. The molecule has 3 heterocycles. The number of para-hydroxylation sites is 1. The van der Waals surface area contributed by atoms with E-state index in [1.165, 1.54) is 0 Å². The number of hydrogen-bond acceptors (Lipinski definition) is 7. The maximum atomic E-state index is 12.9. The van der Waals surface area contributed by atoms with E-state index in [1.54, 1.807) is 24.8 Å². The summed E-state index contributed by atoms with van der Waals surface area (Å²) < 4.78 is 5.43. The van der Waals surface area contributed by atoms with Crippen molar-refractivity contribution in [2.45, 2.75) is 25.9 Å². The third-order valence-electron chi connectivity index (χ3n) is 5.75. The highest BCUT2D eigenvalue weighted by Crippen LogP contribution is 2.28. The number of nitrogens with one attached hydrogen (secondary N) is 1. The van der Waals surface area contributed by atoms with Crippen molar-refractivity contribution < 1.29 is 9.53 Å². The van der Waals surface area contributed by atoms with Crippen LogP contribution in [0.3, 0.4) is 0 Å². The monoisotopic (exact) mass is 425 g/mol. The zero-order valence-electron chi connectivity index (χ0n) is 17.5. The van der Waals surface area contributed by atoms with Crippen molar-refractivity contribution in [3.05, 3.63) is 47.6 Å². The number of anilines is 1. The molecule has 0 aliphatic carbocycles. The van der Waals surface area contributed by atoms with Crippen molar-refractivity contribution >= 4 is 33.3 Å². The molecule has 158 valence electrons. The highest BCUT2D eigenvalue weighted by atomic mass is 32.1. The molecular formula is C22H27N5O2S. The second-order valence-corrected chi connectivity index (χ2v) is 8.40. The van der Waals surface area contributed by atoms with Crippen molar-refractivity contribution in [3.63, 3.8) is 0 Å². The van der Waals surface area contributed by atoms with Crippen LogP contribution in [0, 0.1) is 0 Å². The van der Waals surface area contributed by atoms with Crippen LogP contribution in [0.15, 0.2) is 42.0 Å². The van der Waals surface area contributed by atoms with Gasteiger partial charge in [-0.25, -0.2) is 9.97 Å². The SMILES string of the molecule is COc1ccccc1C(C)NC(=O)C(C)N1CCN(c2ncnc3sccc23)CC1. The van der Waals surface area contributed by atoms with Crippen LogP contribution in [0.1, 0.15) is 25.5 Å². The molecule has 1 N–H and O–H groups in total. The van der Waals surface area contributed by atoms with Gasteiger partial charge in [0.25, 0.3) is 0 Å². The number of nitrogens with zero attached hydrogens (tertiary/aromatic N) is 4. The van der Waals surface area contributed by atoms with Crippen molar-refractivity contribution in [2.24, 2.45) is 0 Å². The number of rotatable bonds is 6. The number of carbonyl (C=O) groups is 1. The molecule has 2 aromatic heterocycles. The Morgan fingerprint density at radius 1 is 1.13 bits per heavy atom. The molecule has 3 aromatic rings. The number of amides is 1. The van der Waals surface area contributed by atoms with Crippen molar-refractivity contribution in [1.29, 1.82) is 0 Å². The standard InChI is InChI=1S/C22H27N5O2S/c1-15(17-6-4-5-7-19(17)29-3)25-21(28)16(2)26-9-11-27(12-10-26)20-18-8-13-30-22(18)24-14-23-20/h4-8,13-16H,9-12H2,1-3H3,(H,25,28). The zero-order chi connectivity index (χ0) is 21.1. The Labute approximate surface area is 180 Å². The van der Waals surface area contributed by atoms with Crippen LogP contribution in [0.4, 0.5) is 5.82 Å². The number of aromatic nitrogens is 2. The summed E-state index contributed by atoms with van der Waals surface area (Å²) in [5.74, 6) is 1.81. The Balaban J connectivity index is 1.36. The van der Waals surface area contributed by atoms with Crippen LogP contribution in [0.2, 0.25) is 0 Å². The molecule has 1 saturated heterocycles. The lowest BCUT2D eigenvalue weighted by Gasteiger charge is -2.38. The summed E-state index contributed by atoms with van der Waals surface area (Å²) in [7, 11) is 1.65. The molecule has 0 bridgehead atoms. The molecule has 1 aliphatic rings. The van der Waals surface area contributed by atoms with Crippen LogP contribution in [0.5, 0.6) is 5.75 Å². The fraction of sp³-hybridized carbons (Fsp3) is 0.409. The van der Waals surface area contributed by atoms with E-state index in [0.717, 1.165) is 53.5 Å². The molecule has 0 spiro atoms. The molecule has 1 fully saturated rings. The summed E-state index contributed by atoms with van der Waals surface area (Å²) in [6.45, 7) is 7.26. The molecule has 0 radical (unpaired) electrons. The van der Waals surface area contributed by atoms with Gasteiger partial charge in [-0.15, -0.1) is 11.3 Å². The van der Waals surface area contributed by atoms with Gasteiger partial charge in [0, 0.05) is 31.7 Å². The number of fused-ring (bicyclic) bond motifs is 1. The van der Waals surface area contributed by atoms with Gasteiger partial charge in [-0.1, -0.05) is 18.2 Å². The highest BCUT2D eigenvalue weighted by molar-refractivity contribution is 7.16. The van der Waals surface area contributed by atoms with E-state index in [-0.39, 0.29) is 18.0 Å².